The summed E-state index contributed by atoms with van der Waals surface area (Å²) in [6.45, 7) is 1.42. The molecule has 2 aromatic rings. The number of hydrogen-bond acceptors (Lipinski definition) is 4. The molecule has 2 aromatic heterocycles. The molecule has 0 aliphatic carbocycles. The highest BCUT2D eigenvalue weighted by atomic mass is 79.9. The van der Waals surface area contributed by atoms with Crippen molar-refractivity contribution in [2.24, 2.45) is 7.05 Å². The molecule has 0 aromatic carbocycles. The van der Waals surface area contributed by atoms with Gasteiger partial charge in [-0.3, -0.25) is 4.79 Å². The van der Waals surface area contributed by atoms with Gasteiger partial charge in [0.2, 0.25) is 0 Å². The van der Waals surface area contributed by atoms with Crippen molar-refractivity contribution < 1.29 is 13.2 Å². The molecule has 23 heavy (non-hydrogen) atoms. The summed E-state index contributed by atoms with van der Waals surface area (Å²) in [7, 11) is -1.65. The first-order valence-electron chi connectivity index (χ1n) is 7.05. The van der Waals surface area contributed by atoms with E-state index in [4.69, 9.17) is 0 Å². The summed E-state index contributed by atoms with van der Waals surface area (Å²) >= 11 is 4.48. The van der Waals surface area contributed by atoms with Gasteiger partial charge in [-0.15, -0.1) is 11.3 Å². The molecule has 0 atom stereocenters. The summed E-state index contributed by atoms with van der Waals surface area (Å²) in [6.07, 6.45) is 1.82. The molecule has 0 N–H and O–H groups in total. The fourth-order valence-electron chi connectivity index (χ4n) is 2.54. The number of rotatable bonds is 3. The standard InChI is InChI=1S/C14H16BrN3O3S2/c1-16-6-2-3-11(16)14(19)17-7-9-18(10-8-17)23(20,21)13-5-4-12(15)22-13/h2-6H,7-10H2,1H3. The lowest BCUT2D eigenvalue weighted by molar-refractivity contribution is 0.0688. The van der Waals surface area contributed by atoms with E-state index in [0.717, 1.165) is 3.79 Å². The van der Waals surface area contributed by atoms with Crippen LogP contribution in [0.15, 0.2) is 38.5 Å². The van der Waals surface area contributed by atoms with Crippen LogP contribution >= 0.6 is 27.3 Å². The Kier molecular flexibility index (Phi) is 4.63. The molecule has 0 radical (unpaired) electrons. The van der Waals surface area contributed by atoms with Gasteiger partial charge in [-0.25, -0.2) is 8.42 Å². The molecule has 6 nitrogen and oxygen atoms in total. The summed E-state index contributed by atoms with van der Waals surface area (Å²) < 4.78 is 29.5. The summed E-state index contributed by atoms with van der Waals surface area (Å²) in [4.78, 5) is 14.1. The molecular formula is C14H16BrN3O3S2. The number of amides is 1. The van der Waals surface area contributed by atoms with Crippen molar-refractivity contribution in [1.82, 2.24) is 13.8 Å². The molecule has 9 heteroatoms. The number of carbonyl (C=O) groups is 1. The summed E-state index contributed by atoms with van der Waals surface area (Å²) in [5.41, 5.74) is 0.614. The van der Waals surface area contributed by atoms with Crippen molar-refractivity contribution in [2.45, 2.75) is 4.21 Å². The maximum atomic E-state index is 12.6. The van der Waals surface area contributed by atoms with Crippen LogP contribution in [0, 0.1) is 0 Å². The van der Waals surface area contributed by atoms with Crippen LogP contribution in [-0.2, 0) is 17.1 Å². The predicted molar refractivity (Wildman–Crippen MR) is 92.1 cm³/mol. The van der Waals surface area contributed by atoms with E-state index in [1.807, 2.05) is 19.3 Å². The van der Waals surface area contributed by atoms with E-state index < -0.39 is 10.0 Å². The van der Waals surface area contributed by atoms with Gasteiger partial charge in [-0.05, 0) is 40.2 Å². The normalized spacial score (nSPS) is 16.7. The predicted octanol–water partition coefficient (Wildman–Crippen LogP) is 2.00. The number of sulfonamides is 1. The number of halogens is 1. The zero-order valence-electron chi connectivity index (χ0n) is 12.5. The Morgan fingerprint density at radius 3 is 2.39 bits per heavy atom. The second-order valence-electron chi connectivity index (χ2n) is 5.26. The number of thiophene rings is 1. The van der Waals surface area contributed by atoms with Crippen LogP contribution in [0.5, 0.6) is 0 Å². The number of piperazine rings is 1. The highest BCUT2D eigenvalue weighted by Gasteiger charge is 2.31. The van der Waals surface area contributed by atoms with Gasteiger partial charge in [0.1, 0.15) is 9.90 Å². The van der Waals surface area contributed by atoms with Gasteiger partial charge in [0.05, 0.1) is 3.79 Å². The molecule has 0 unspecified atom stereocenters. The van der Waals surface area contributed by atoms with E-state index in [-0.39, 0.29) is 5.91 Å². The zero-order valence-corrected chi connectivity index (χ0v) is 15.7. The molecule has 3 heterocycles. The fourth-order valence-corrected chi connectivity index (χ4v) is 6.13. The van der Waals surface area contributed by atoms with Crippen molar-refractivity contribution >= 4 is 43.2 Å². The van der Waals surface area contributed by atoms with Crippen molar-refractivity contribution in [1.29, 1.82) is 0 Å². The smallest absolute Gasteiger partial charge is 0.270 e. The minimum Gasteiger partial charge on any atom is -0.347 e. The molecule has 1 amide bonds. The molecule has 0 spiro atoms. The molecular weight excluding hydrogens is 402 g/mol. The van der Waals surface area contributed by atoms with Crippen LogP contribution in [0.3, 0.4) is 0 Å². The number of nitrogens with zero attached hydrogens (tertiary/aromatic N) is 3. The molecule has 0 bridgehead atoms. The zero-order chi connectivity index (χ0) is 16.6. The first-order valence-corrected chi connectivity index (χ1v) is 10.1. The molecule has 1 aliphatic rings. The quantitative estimate of drug-likeness (QED) is 0.766. The lowest BCUT2D eigenvalue weighted by Gasteiger charge is -2.33. The Balaban J connectivity index is 1.69. The Labute approximate surface area is 147 Å². The SMILES string of the molecule is Cn1cccc1C(=O)N1CCN(S(=O)(=O)c2ccc(Br)s2)CC1. The number of hydrogen-bond donors (Lipinski definition) is 0. The summed E-state index contributed by atoms with van der Waals surface area (Å²) in [5, 5.41) is 0. The van der Waals surface area contributed by atoms with Crippen LogP contribution in [-0.4, -0.2) is 54.3 Å². The second-order valence-corrected chi connectivity index (χ2v) is 9.89. The first kappa shape index (κ1) is 16.7. The summed E-state index contributed by atoms with van der Waals surface area (Å²) in [5.74, 6) is -0.0617. The third kappa shape index (κ3) is 3.23. The van der Waals surface area contributed by atoms with E-state index in [2.05, 4.69) is 15.9 Å². The molecule has 1 aliphatic heterocycles. The molecule has 0 saturated carbocycles. The van der Waals surface area contributed by atoms with Crippen LogP contribution in [0.25, 0.3) is 0 Å². The second kappa shape index (κ2) is 6.39. The van der Waals surface area contributed by atoms with E-state index in [9.17, 15) is 13.2 Å². The average molecular weight is 418 g/mol. The molecule has 1 fully saturated rings. The average Bonchev–Trinajstić information content (AvgIpc) is 3.15. The molecule has 3 rings (SSSR count). The van der Waals surface area contributed by atoms with Crippen LogP contribution in [0.2, 0.25) is 0 Å². The van der Waals surface area contributed by atoms with Gasteiger partial charge in [0, 0.05) is 39.4 Å². The number of aromatic nitrogens is 1. The van der Waals surface area contributed by atoms with Gasteiger partial charge >= 0.3 is 0 Å². The third-order valence-corrected chi connectivity index (χ3v) is 7.82. The molecule has 1 saturated heterocycles. The Hall–Kier alpha value is -1.16. The lowest BCUT2D eigenvalue weighted by atomic mass is 10.3. The Bertz CT molecular complexity index is 820. The number of aryl methyl sites for hydroxylation is 1. The van der Waals surface area contributed by atoms with Crippen molar-refractivity contribution in [2.75, 3.05) is 26.2 Å². The minimum atomic E-state index is -3.47. The fraction of sp³-hybridized carbons (Fsp3) is 0.357. The third-order valence-electron chi connectivity index (χ3n) is 3.83. The van der Waals surface area contributed by atoms with E-state index in [1.165, 1.54) is 15.6 Å². The monoisotopic (exact) mass is 417 g/mol. The van der Waals surface area contributed by atoms with Gasteiger partial charge in [-0.1, -0.05) is 0 Å². The van der Waals surface area contributed by atoms with Crippen LogP contribution in [0.4, 0.5) is 0 Å². The number of carbonyl (C=O) groups excluding carboxylic acids is 1. The van der Waals surface area contributed by atoms with Crippen LogP contribution in [0.1, 0.15) is 10.5 Å². The maximum Gasteiger partial charge on any atom is 0.270 e. The van der Waals surface area contributed by atoms with Crippen LogP contribution < -0.4 is 0 Å². The Morgan fingerprint density at radius 1 is 1.17 bits per heavy atom. The van der Waals surface area contributed by atoms with Crippen molar-refractivity contribution in [3.8, 4) is 0 Å². The largest absolute Gasteiger partial charge is 0.347 e. The summed E-state index contributed by atoms with van der Waals surface area (Å²) in [6, 6.07) is 6.93. The highest BCUT2D eigenvalue weighted by molar-refractivity contribution is 9.11. The van der Waals surface area contributed by atoms with Gasteiger partial charge in [0.15, 0.2) is 0 Å². The van der Waals surface area contributed by atoms with Gasteiger partial charge < -0.3 is 9.47 Å². The lowest BCUT2D eigenvalue weighted by Crippen LogP contribution is -2.50. The maximum absolute atomic E-state index is 12.6. The topological polar surface area (TPSA) is 62.6 Å². The van der Waals surface area contributed by atoms with Gasteiger partial charge in [0.25, 0.3) is 15.9 Å². The first-order chi connectivity index (χ1) is 10.9. The van der Waals surface area contributed by atoms with Crippen molar-refractivity contribution in [3.05, 3.63) is 39.9 Å². The van der Waals surface area contributed by atoms with Gasteiger partial charge in [-0.2, -0.15) is 4.31 Å². The Morgan fingerprint density at radius 2 is 1.87 bits per heavy atom. The van der Waals surface area contributed by atoms with Crippen molar-refractivity contribution in [3.63, 3.8) is 0 Å². The van der Waals surface area contributed by atoms with E-state index in [0.29, 0.717) is 36.1 Å². The van der Waals surface area contributed by atoms with E-state index in [1.54, 1.807) is 27.7 Å². The molecule has 124 valence electrons. The van der Waals surface area contributed by atoms with E-state index >= 15 is 0 Å². The minimum absolute atomic E-state index is 0.0617. The highest BCUT2D eigenvalue weighted by Crippen LogP contribution is 2.29.